The van der Waals surface area contributed by atoms with Gasteiger partial charge in [0.1, 0.15) is 0 Å². The van der Waals surface area contributed by atoms with Crippen molar-refractivity contribution in [3.8, 4) is 0 Å². The van der Waals surface area contributed by atoms with Gasteiger partial charge >= 0.3 is 0 Å². The Morgan fingerprint density at radius 1 is 0.833 bits per heavy atom. The van der Waals surface area contributed by atoms with Crippen LogP contribution >= 0.6 is 23.5 Å². The largest absolute Gasteiger partial charge is 0.139 e. The zero-order chi connectivity index (χ0) is 12.3. The van der Waals surface area contributed by atoms with E-state index in [4.69, 9.17) is 0 Å². The summed E-state index contributed by atoms with van der Waals surface area (Å²) in [5, 5.41) is 0. The highest BCUT2D eigenvalue weighted by atomic mass is 32.2. The van der Waals surface area contributed by atoms with Gasteiger partial charge in [0.15, 0.2) is 0 Å². The maximum atomic E-state index is 2.36. The second-order valence-electron chi connectivity index (χ2n) is 5.42. The molecule has 0 nitrogen and oxygen atoms in total. The second-order valence-corrected chi connectivity index (χ2v) is 8.36. The van der Waals surface area contributed by atoms with Gasteiger partial charge in [-0.25, -0.2) is 0 Å². The fourth-order valence-corrected chi connectivity index (χ4v) is 7.09. The molecule has 0 N–H and O–H groups in total. The Balaban J connectivity index is 1.92. The highest BCUT2D eigenvalue weighted by Gasteiger charge is 2.42. The molecule has 18 heavy (non-hydrogen) atoms. The molecule has 1 saturated carbocycles. The van der Waals surface area contributed by atoms with Crippen LogP contribution in [0.25, 0.3) is 0 Å². The maximum absolute atomic E-state index is 2.36. The van der Waals surface area contributed by atoms with E-state index in [-0.39, 0.29) is 0 Å². The van der Waals surface area contributed by atoms with Crippen molar-refractivity contribution in [3.05, 3.63) is 35.9 Å². The van der Waals surface area contributed by atoms with Crippen molar-refractivity contribution in [2.24, 2.45) is 5.92 Å². The molecule has 1 aromatic rings. The van der Waals surface area contributed by atoms with Gasteiger partial charge in [-0.05, 0) is 42.2 Å². The van der Waals surface area contributed by atoms with Crippen LogP contribution < -0.4 is 0 Å². The Labute approximate surface area is 119 Å². The first-order valence-corrected chi connectivity index (χ1v) is 9.22. The van der Waals surface area contributed by atoms with Gasteiger partial charge in [0.2, 0.25) is 0 Å². The molecule has 2 aliphatic rings. The molecule has 1 aromatic carbocycles. The van der Waals surface area contributed by atoms with E-state index in [1.54, 1.807) is 5.56 Å². The average Bonchev–Trinajstić information content (AvgIpc) is 2.50. The van der Waals surface area contributed by atoms with Crippen LogP contribution in [-0.4, -0.2) is 11.5 Å². The molecule has 0 bridgehead atoms. The van der Waals surface area contributed by atoms with Gasteiger partial charge in [0.05, 0.1) is 4.08 Å². The van der Waals surface area contributed by atoms with Gasteiger partial charge in [0, 0.05) is 0 Å². The summed E-state index contributed by atoms with van der Waals surface area (Å²) in [6.45, 7) is 0. The molecule has 1 aliphatic heterocycles. The summed E-state index contributed by atoms with van der Waals surface area (Å²) in [4.78, 5) is 0. The summed E-state index contributed by atoms with van der Waals surface area (Å²) in [6, 6.07) is 11.3. The molecule has 1 saturated heterocycles. The quantitative estimate of drug-likeness (QED) is 0.721. The lowest BCUT2D eigenvalue weighted by Crippen LogP contribution is -2.33. The molecule has 0 unspecified atom stereocenters. The van der Waals surface area contributed by atoms with Crippen molar-refractivity contribution >= 4 is 23.5 Å². The summed E-state index contributed by atoms with van der Waals surface area (Å²) >= 11 is 4.47. The molecular weight excluding hydrogens is 256 g/mol. The van der Waals surface area contributed by atoms with E-state index >= 15 is 0 Å². The van der Waals surface area contributed by atoms with E-state index in [1.807, 2.05) is 0 Å². The smallest absolute Gasteiger partial charge is 0.0888 e. The molecule has 3 rings (SSSR count). The molecule has 0 atom stereocenters. The first-order chi connectivity index (χ1) is 8.92. The molecule has 0 radical (unpaired) electrons. The van der Waals surface area contributed by atoms with Crippen LogP contribution in [0.2, 0.25) is 0 Å². The Morgan fingerprint density at radius 3 is 2.17 bits per heavy atom. The molecule has 0 amide bonds. The van der Waals surface area contributed by atoms with Crippen LogP contribution in [0.4, 0.5) is 0 Å². The Hall–Kier alpha value is -0.0800. The predicted molar refractivity (Wildman–Crippen MR) is 84.2 cm³/mol. The minimum absolute atomic E-state index is 0.375. The predicted octanol–water partition coefficient (Wildman–Crippen LogP) is 5.29. The first kappa shape index (κ1) is 12.9. The molecule has 2 heteroatoms. The number of benzene rings is 1. The SMILES string of the molecule is c1ccc(C2(C3CCCCC3)SCCCS2)cc1. The highest BCUT2D eigenvalue weighted by molar-refractivity contribution is 8.18. The zero-order valence-corrected chi connectivity index (χ0v) is 12.6. The summed E-state index contributed by atoms with van der Waals surface area (Å²) in [7, 11) is 0. The third kappa shape index (κ3) is 2.46. The highest BCUT2D eigenvalue weighted by Crippen LogP contribution is 2.58. The van der Waals surface area contributed by atoms with Crippen LogP contribution in [0.3, 0.4) is 0 Å². The van der Waals surface area contributed by atoms with Gasteiger partial charge in [-0.2, -0.15) is 0 Å². The van der Waals surface area contributed by atoms with Gasteiger partial charge in [-0.1, -0.05) is 49.6 Å². The second kappa shape index (κ2) is 5.92. The fourth-order valence-electron chi connectivity index (χ4n) is 3.34. The van der Waals surface area contributed by atoms with E-state index in [0.29, 0.717) is 4.08 Å². The van der Waals surface area contributed by atoms with E-state index in [1.165, 1.54) is 50.0 Å². The van der Waals surface area contributed by atoms with Gasteiger partial charge in [-0.15, -0.1) is 23.5 Å². The Kier molecular flexibility index (Phi) is 4.25. The van der Waals surface area contributed by atoms with Crippen molar-refractivity contribution in [2.45, 2.75) is 42.6 Å². The molecule has 98 valence electrons. The van der Waals surface area contributed by atoms with Crippen LogP contribution in [0.15, 0.2) is 30.3 Å². The molecule has 2 fully saturated rings. The topological polar surface area (TPSA) is 0 Å². The molecule has 1 heterocycles. The molecule has 1 aliphatic carbocycles. The number of rotatable bonds is 2. The maximum Gasteiger partial charge on any atom is 0.0888 e. The lowest BCUT2D eigenvalue weighted by Gasteiger charge is -2.44. The fraction of sp³-hybridized carbons (Fsp3) is 0.625. The molecule has 0 spiro atoms. The lowest BCUT2D eigenvalue weighted by molar-refractivity contribution is 0.335. The van der Waals surface area contributed by atoms with Gasteiger partial charge in [0.25, 0.3) is 0 Å². The molecular formula is C16H22S2. The van der Waals surface area contributed by atoms with Crippen molar-refractivity contribution in [1.82, 2.24) is 0 Å². The summed E-state index contributed by atoms with van der Waals surface area (Å²) in [5.74, 6) is 3.58. The van der Waals surface area contributed by atoms with Crippen molar-refractivity contribution in [3.63, 3.8) is 0 Å². The third-order valence-electron chi connectivity index (χ3n) is 4.24. The number of hydrogen-bond donors (Lipinski definition) is 0. The standard InChI is InChI=1S/C16H22S2/c1-3-8-14(9-4-1)16(17-12-7-13-18-16)15-10-5-2-6-11-15/h1,3-4,8-9,15H,2,5-7,10-13H2. The van der Waals surface area contributed by atoms with Crippen molar-refractivity contribution < 1.29 is 0 Å². The van der Waals surface area contributed by atoms with Crippen LogP contribution in [-0.2, 0) is 4.08 Å². The summed E-state index contributed by atoms with van der Waals surface area (Å²) < 4.78 is 0.375. The average molecular weight is 278 g/mol. The normalized spacial score (nSPS) is 24.9. The minimum atomic E-state index is 0.375. The van der Waals surface area contributed by atoms with Crippen LogP contribution in [0.5, 0.6) is 0 Å². The summed E-state index contributed by atoms with van der Waals surface area (Å²) in [5.41, 5.74) is 1.58. The van der Waals surface area contributed by atoms with Gasteiger partial charge < -0.3 is 0 Å². The van der Waals surface area contributed by atoms with Crippen LogP contribution in [0.1, 0.15) is 44.1 Å². The number of hydrogen-bond acceptors (Lipinski definition) is 2. The van der Waals surface area contributed by atoms with E-state index < -0.39 is 0 Å². The van der Waals surface area contributed by atoms with Crippen molar-refractivity contribution in [1.29, 1.82) is 0 Å². The summed E-state index contributed by atoms with van der Waals surface area (Å²) in [6.07, 6.45) is 8.61. The van der Waals surface area contributed by atoms with Crippen LogP contribution in [0, 0.1) is 5.92 Å². The van der Waals surface area contributed by atoms with Gasteiger partial charge in [-0.3, -0.25) is 0 Å². The Bertz CT molecular complexity index is 362. The monoisotopic (exact) mass is 278 g/mol. The molecule has 0 aromatic heterocycles. The third-order valence-corrected chi connectivity index (χ3v) is 7.93. The first-order valence-electron chi connectivity index (χ1n) is 7.25. The number of thioether (sulfide) groups is 2. The van der Waals surface area contributed by atoms with E-state index in [9.17, 15) is 0 Å². The van der Waals surface area contributed by atoms with Crippen molar-refractivity contribution in [2.75, 3.05) is 11.5 Å². The van der Waals surface area contributed by atoms with E-state index in [2.05, 4.69) is 53.9 Å². The van der Waals surface area contributed by atoms with E-state index in [0.717, 1.165) is 5.92 Å². The Morgan fingerprint density at radius 2 is 1.50 bits per heavy atom. The zero-order valence-electron chi connectivity index (χ0n) is 10.9. The minimum Gasteiger partial charge on any atom is -0.139 e. The lowest BCUT2D eigenvalue weighted by atomic mass is 9.84.